The van der Waals surface area contributed by atoms with Gasteiger partial charge in [-0.05, 0) is 12.1 Å². The largest absolute Gasteiger partial charge is 0.469 e. The van der Waals surface area contributed by atoms with Crippen LogP contribution in [0.2, 0.25) is 0 Å². The van der Waals surface area contributed by atoms with Crippen molar-refractivity contribution in [3.05, 3.63) is 24.2 Å². The van der Waals surface area contributed by atoms with E-state index in [0.717, 1.165) is 6.26 Å². The van der Waals surface area contributed by atoms with Crippen LogP contribution in [0.4, 0.5) is 26.3 Å². The quantitative estimate of drug-likeness (QED) is 0.850. The molecule has 2 nitrogen and oxygen atoms in total. The molecule has 0 aliphatic heterocycles. The number of alkyl halides is 6. The van der Waals surface area contributed by atoms with Crippen molar-refractivity contribution in [2.45, 2.75) is 24.8 Å². The fourth-order valence-corrected chi connectivity index (χ4v) is 1.45. The topological polar surface area (TPSA) is 39.2 Å². The molecule has 1 aromatic heterocycles. The van der Waals surface area contributed by atoms with Crippen LogP contribution in [0.15, 0.2) is 22.8 Å². The lowest BCUT2D eigenvalue weighted by atomic mass is 9.95. The first-order valence-corrected chi connectivity index (χ1v) is 4.53. The molecule has 0 bridgehead atoms. The zero-order chi connectivity index (χ0) is 13.3. The van der Waals surface area contributed by atoms with E-state index >= 15 is 0 Å². The first-order valence-electron chi connectivity index (χ1n) is 4.53. The van der Waals surface area contributed by atoms with E-state index in [4.69, 9.17) is 5.73 Å². The fraction of sp³-hybridized carbons (Fsp3) is 0.556. The van der Waals surface area contributed by atoms with E-state index in [0.29, 0.717) is 0 Å². The summed E-state index contributed by atoms with van der Waals surface area (Å²) in [6, 6.07) is 0.503. The standard InChI is InChI=1S/C9H9F6NO/c10-8(11,12)7(9(13,14)15)6(16)4-5-2-1-3-17-5/h1-3,6-7H,4,16H2. The van der Waals surface area contributed by atoms with Crippen LogP contribution < -0.4 is 5.73 Å². The number of hydrogen-bond donors (Lipinski definition) is 1. The SMILES string of the molecule is NC(Cc1ccco1)C(C(F)(F)F)C(F)(F)F. The zero-order valence-electron chi connectivity index (χ0n) is 8.35. The summed E-state index contributed by atoms with van der Waals surface area (Å²) in [4.78, 5) is 0. The van der Waals surface area contributed by atoms with Gasteiger partial charge in [0.15, 0.2) is 5.92 Å². The summed E-state index contributed by atoms with van der Waals surface area (Å²) in [6.45, 7) is 0. The van der Waals surface area contributed by atoms with E-state index in [1.807, 2.05) is 0 Å². The van der Waals surface area contributed by atoms with E-state index < -0.39 is 30.7 Å². The molecule has 8 heteroatoms. The molecule has 1 heterocycles. The molecule has 0 aromatic carbocycles. The third-order valence-electron chi connectivity index (χ3n) is 2.15. The second kappa shape index (κ2) is 4.59. The predicted octanol–water partition coefficient (Wildman–Crippen LogP) is 2.89. The third kappa shape index (κ3) is 3.65. The Balaban J connectivity index is 2.84. The maximum Gasteiger partial charge on any atom is 0.402 e. The predicted molar refractivity (Wildman–Crippen MR) is 46.0 cm³/mol. The van der Waals surface area contributed by atoms with E-state index in [2.05, 4.69) is 4.42 Å². The molecule has 98 valence electrons. The molecule has 0 saturated heterocycles. The average molecular weight is 261 g/mol. The summed E-state index contributed by atoms with van der Waals surface area (Å²) in [6.07, 6.45) is -10.3. The van der Waals surface area contributed by atoms with Crippen molar-refractivity contribution in [1.82, 2.24) is 0 Å². The molecule has 1 aromatic rings. The zero-order valence-corrected chi connectivity index (χ0v) is 8.35. The van der Waals surface area contributed by atoms with Crippen molar-refractivity contribution >= 4 is 0 Å². The fourth-order valence-electron chi connectivity index (χ4n) is 1.45. The van der Waals surface area contributed by atoms with E-state index in [1.165, 1.54) is 12.1 Å². The minimum Gasteiger partial charge on any atom is -0.469 e. The molecular formula is C9H9F6NO. The van der Waals surface area contributed by atoms with Gasteiger partial charge in [-0.15, -0.1) is 0 Å². The van der Waals surface area contributed by atoms with Gasteiger partial charge in [0.2, 0.25) is 0 Å². The lowest BCUT2D eigenvalue weighted by Gasteiger charge is -2.27. The van der Waals surface area contributed by atoms with Gasteiger partial charge in [-0.2, -0.15) is 26.3 Å². The van der Waals surface area contributed by atoms with Gasteiger partial charge in [0.05, 0.1) is 6.26 Å². The van der Waals surface area contributed by atoms with E-state index in [1.54, 1.807) is 0 Å². The Labute approximate surface area is 92.4 Å². The van der Waals surface area contributed by atoms with Crippen LogP contribution in [0, 0.1) is 5.92 Å². The Morgan fingerprint density at radius 1 is 1.12 bits per heavy atom. The van der Waals surface area contributed by atoms with Crippen LogP contribution in [0.25, 0.3) is 0 Å². The maximum absolute atomic E-state index is 12.3. The summed E-state index contributed by atoms with van der Waals surface area (Å²) in [5.41, 5.74) is 4.98. The monoisotopic (exact) mass is 261 g/mol. The number of nitrogens with two attached hydrogens (primary N) is 1. The summed E-state index contributed by atoms with van der Waals surface area (Å²) < 4.78 is 78.3. The van der Waals surface area contributed by atoms with Gasteiger partial charge < -0.3 is 10.2 Å². The highest BCUT2D eigenvalue weighted by Crippen LogP contribution is 2.41. The van der Waals surface area contributed by atoms with Gasteiger partial charge in [-0.25, -0.2) is 0 Å². The molecule has 1 unspecified atom stereocenters. The smallest absolute Gasteiger partial charge is 0.402 e. The molecule has 0 amide bonds. The lowest BCUT2D eigenvalue weighted by molar-refractivity contribution is -0.289. The van der Waals surface area contributed by atoms with Crippen LogP contribution in [-0.2, 0) is 6.42 Å². The number of rotatable bonds is 3. The molecule has 0 aliphatic rings. The average Bonchev–Trinajstić information content (AvgIpc) is 2.49. The van der Waals surface area contributed by atoms with Crippen molar-refractivity contribution in [3.8, 4) is 0 Å². The van der Waals surface area contributed by atoms with E-state index in [9.17, 15) is 26.3 Å². The maximum atomic E-state index is 12.3. The molecule has 17 heavy (non-hydrogen) atoms. The molecule has 0 spiro atoms. The van der Waals surface area contributed by atoms with Gasteiger partial charge in [-0.1, -0.05) is 0 Å². The Bertz CT molecular complexity index is 327. The van der Waals surface area contributed by atoms with Gasteiger partial charge in [0.25, 0.3) is 0 Å². The molecule has 0 radical (unpaired) electrons. The second-order valence-corrected chi connectivity index (χ2v) is 3.51. The highest BCUT2D eigenvalue weighted by atomic mass is 19.4. The van der Waals surface area contributed by atoms with Crippen molar-refractivity contribution in [1.29, 1.82) is 0 Å². The highest BCUT2D eigenvalue weighted by molar-refractivity contribution is 5.02. The molecule has 1 rings (SSSR count). The normalized spacial score (nSPS) is 15.3. The number of furan rings is 1. The Morgan fingerprint density at radius 2 is 1.65 bits per heavy atom. The Morgan fingerprint density at radius 3 is 2.00 bits per heavy atom. The molecule has 1 atom stereocenters. The molecule has 0 saturated carbocycles. The van der Waals surface area contributed by atoms with Gasteiger partial charge in [-0.3, -0.25) is 0 Å². The van der Waals surface area contributed by atoms with Crippen molar-refractivity contribution in [2.24, 2.45) is 11.7 Å². The minimum absolute atomic E-state index is 0.0176. The van der Waals surface area contributed by atoms with E-state index in [-0.39, 0.29) is 5.76 Å². The van der Waals surface area contributed by atoms with Crippen LogP contribution in [0.1, 0.15) is 5.76 Å². The number of hydrogen-bond acceptors (Lipinski definition) is 2. The van der Waals surface area contributed by atoms with Gasteiger partial charge in [0, 0.05) is 12.5 Å². The van der Waals surface area contributed by atoms with Crippen LogP contribution >= 0.6 is 0 Å². The van der Waals surface area contributed by atoms with Crippen LogP contribution in [0.3, 0.4) is 0 Å². The van der Waals surface area contributed by atoms with Crippen molar-refractivity contribution in [2.75, 3.05) is 0 Å². The minimum atomic E-state index is -5.43. The number of halogens is 6. The van der Waals surface area contributed by atoms with Gasteiger partial charge >= 0.3 is 12.4 Å². The second-order valence-electron chi connectivity index (χ2n) is 3.51. The van der Waals surface area contributed by atoms with Crippen molar-refractivity contribution < 1.29 is 30.8 Å². The lowest BCUT2D eigenvalue weighted by Crippen LogP contribution is -2.49. The van der Waals surface area contributed by atoms with Crippen LogP contribution in [-0.4, -0.2) is 18.4 Å². The third-order valence-corrected chi connectivity index (χ3v) is 2.15. The first kappa shape index (κ1) is 13.9. The summed E-state index contributed by atoms with van der Waals surface area (Å²) in [5, 5.41) is 0. The Kier molecular flexibility index (Phi) is 3.75. The highest BCUT2D eigenvalue weighted by Gasteiger charge is 2.59. The molecule has 2 N–H and O–H groups in total. The first-order chi connectivity index (χ1) is 7.62. The Hall–Kier alpha value is -1.18. The summed E-state index contributed by atoms with van der Waals surface area (Å²) in [7, 11) is 0. The summed E-state index contributed by atoms with van der Waals surface area (Å²) >= 11 is 0. The van der Waals surface area contributed by atoms with Crippen LogP contribution in [0.5, 0.6) is 0 Å². The van der Waals surface area contributed by atoms with Gasteiger partial charge in [0.1, 0.15) is 5.76 Å². The summed E-state index contributed by atoms with van der Waals surface area (Å²) in [5.74, 6) is -3.57. The van der Waals surface area contributed by atoms with Crippen molar-refractivity contribution in [3.63, 3.8) is 0 Å². The molecule has 0 aliphatic carbocycles. The molecular weight excluding hydrogens is 252 g/mol. The molecule has 0 fully saturated rings.